The first-order chi connectivity index (χ1) is 17.1. The van der Waals surface area contributed by atoms with Crippen LogP contribution in [-0.2, 0) is 33.4 Å². The van der Waals surface area contributed by atoms with Crippen LogP contribution in [0.3, 0.4) is 0 Å². The highest BCUT2D eigenvalue weighted by atomic mass is 16.5. The molecule has 38 heavy (non-hydrogen) atoms. The Hall–Kier alpha value is -2.37. The molecule has 11 heteroatoms. The molecule has 0 saturated heterocycles. The molecule has 0 aliphatic carbocycles. The number of carboxylic acid groups (broad SMARTS) is 2. The Morgan fingerprint density at radius 2 is 1.32 bits per heavy atom. The average Bonchev–Trinajstić information content (AvgIpc) is 2.75. The zero-order valence-electron chi connectivity index (χ0n) is 24.5. The van der Waals surface area contributed by atoms with Gasteiger partial charge in [-0.25, -0.2) is 4.79 Å². The number of carbonyl (C=O) groups is 5. The molecule has 0 rings (SSSR count). The molecule has 0 bridgehead atoms. The first kappa shape index (κ1) is 35.6. The summed E-state index contributed by atoms with van der Waals surface area (Å²) in [5.41, 5.74) is -3.70. The van der Waals surface area contributed by atoms with E-state index in [4.69, 9.17) is 9.47 Å². The fourth-order valence-corrected chi connectivity index (χ4v) is 3.60. The second-order valence-electron chi connectivity index (χ2n) is 12.5. The molecule has 0 radical (unpaired) electrons. The minimum absolute atomic E-state index is 0.00657. The van der Waals surface area contributed by atoms with Crippen LogP contribution >= 0.6 is 0 Å². The van der Waals surface area contributed by atoms with Crippen LogP contribution in [0.1, 0.15) is 81.6 Å². The molecule has 0 fully saturated rings. The third-order valence-corrected chi connectivity index (χ3v) is 6.29. The lowest BCUT2D eigenvalue weighted by Crippen LogP contribution is -2.50. The summed E-state index contributed by atoms with van der Waals surface area (Å²) in [6.07, 6.45) is -0.189. The molecule has 11 nitrogen and oxygen atoms in total. The van der Waals surface area contributed by atoms with Crippen molar-refractivity contribution in [3.05, 3.63) is 0 Å². The van der Waals surface area contributed by atoms with Gasteiger partial charge in [0.05, 0.1) is 30.8 Å². The van der Waals surface area contributed by atoms with E-state index in [1.807, 2.05) is 20.8 Å². The lowest BCUT2D eigenvalue weighted by molar-refractivity contribution is -0.151. The van der Waals surface area contributed by atoms with Gasteiger partial charge in [0.15, 0.2) is 11.6 Å². The zero-order chi connectivity index (χ0) is 29.9. The number of Topliss-reactive ketones (excluding diaryl/α,β-unsaturated/α-hetero) is 2. The highest BCUT2D eigenvalue weighted by Gasteiger charge is 2.40. The maximum absolute atomic E-state index is 12.8. The van der Waals surface area contributed by atoms with E-state index in [0.29, 0.717) is 19.8 Å². The molecule has 220 valence electrons. The second-order valence-corrected chi connectivity index (χ2v) is 12.5. The van der Waals surface area contributed by atoms with Crippen LogP contribution in [0, 0.1) is 16.2 Å². The maximum Gasteiger partial charge on any atom is 0.326 e. The Morgan fingerprint density at radius 3 is 1.82 bits per heavy atom. The van der Waals surface area contributed by atoms with E-state index in [9.17, 15) is 34.2 Å². The van der Waals surface area contributed by atoms with Crippen molar-refractivity contribution in [3.8, 4) is 0 Å². The topological polar surface area (TPSA) is 168 Å². The first-order valence-electron chi connectivity index (χ1n) is 12.9. The standard InChI is InChI=1S/C27H48N2O9/c1-24(2,3)20(31)16-38-15-14-37-13-12-28-27(8,9)19(30)11-10-18(21(32)33)29-22(34)25(4,5)17-26(6,7)23(35)36/h18,28H,10-17H2,1-9H3,(H,29,34)(H,32,33)(H,35,36)/t18-/m0/s1. The van der Waals surface area contributed by atoms with E-state index in [-0.39, 0.29) is 44.0 Å². The number of hydrogen-bond donors (Lipinski definition) is 4. The fourth-order valence-electron chi connectivity index (χ4n) is 3.60. The van der Waals surface area contributed by atoms with Gasteiger partial charge < -0.3 is 30.3 Å². The van der Waals surface area contributed by atoms with E-state index >= 15 is 0 Å². The minimum Gasteiger partial charge on any atom is -0.481 e. The predicted octanol–water partition coefficient (Wildman–Crippen LogP) is 2.45. The molecule has 0 saturated carbocycles. The fraction of sp³-hybridized carbons (Fsp3) is 0.815. The van der Waals surface area contributed by atoms with Crippen molar-refractivity contribution in [1.29, 1.82) is 0 Å². The zero-order valence-corrected chi connectivity index (χ0v) is 24.5. The summed E-state index contributed by atoms with van der Waals surface area (Å²) in [5, 5.41) is 24.5. The summed E-state index contributed by atoms with van der Waals surface area (Å²) >= 11 is 0. The van der Waals surface area contributed by atoms with Gasteiger partial charge in [0.25, 0.3) is 0 Å². The molecule has 1 amide bonds. The van der Waals surface area contributed by atoms with Gasteiger partial charge in [-0.05, 0) is 40.5 Å². The summed E-state index contributed by atoms with van der Waals surface area (Å²) in [5.74, 6) is -3.14. The van der Waals surface area contributed by atoms with Gasteiger partial charge >= 0.3 is 11.9 Å². The van der Waals surface area contributed by atoms with Crippen molar-refractivity contribution in [2.24, 2.45) is 16.2 Å². The van der Waals surface area contributed by atoms with E-state index in [0.717, 1.165) is 0 Å². The van der Waals surface area contributed by atoms with Crippen LogP contribution in [0.4, 0.5) is 0 Å². The largest absolute Gasteiger partial charge is 0.481 e. The number of ether oxygens (including phenoxy) is 2. The van der Waals surface area contributed by atoms with E-state index < -0.39 is 45.7 Å². The summed E-state index contributed by atoms with van der Waals surface area (Å²) in [7, 11) is 0. The maximum atomic E-state index is 12.8. The normalized spacial score (nSPS) is 13.6. The highest BCUT2D eigenvalue weighted by molar-refractivity contribution is 5.90. The number of carboxylic acids is 2. The first-order valence-corrected chi connectivity index (χ1v) is 12.9. The van der Waals surface area contributed by atoms with Crippen molar-refractivity contribution in [2.75, 3.05) is 33.0 Å². The van der Waals surface area contributed by atoms with Gasteiger partial charge in [0, 0.05) is 23.8 Å². The van der Waals surface area contributed by atoms with Crippen LogP contribution in [0.2, 0.25) is 0 Å². The number of hydrogen-bond acceptors (Lipinski definition) is 8. The quantitative estimate of drug-likeness (QED) is 0.177. The Kier molecular flexibility index (Phi) is 13.8. The molecule has 0 aliphatic rings. The van der Waals surface area contributed by atoms with Crippen molar-refractivity contribution < 1.29 is 43.7 Å². The summed E-state index contributed by atoms with van der Waals surface area (Å²) in [6, 6.07) is -1.29. The molecule has 0 aromatic carbocycles. The Morgan fingerprint density at radius 1 is 0.763 bits per heavy atom. The molecule has 0 heterocycles. The molecule has 0 aromatic heterocycles. The Labute approximate surface area is 226 Å². The van der Waals surface area contributed by atoms with Crippen molar-refractivity contribution in [1.82, 2.24) is 10.6 Å². The van der Waals surface area contributed by atoms with E-state index in [1.54, 1.807) is 27.7 Å². The van der Waals surface area contributed by atoms with Crippen LogP contribution < -0.4 is 10.6 Å². The summed E-state index contributed by atoms with van der Waals surface area (Å²) in [6.45, 7) is 16.2. The summed E-state index contributed by atoms with van der Waals surface area (Å²) in [4.78, 5) is 60.5. The number of carbonyl (C=O) groups excluding carboxylic acids is 3. The van der Waals surface area contributed by atoms with Gasteiger partial charge in [0.2, 0.25) is 5.91 Å². The van der Waals surface area contributed by atoms with Gasteiger partial charge in [-0.1, -0.05) is 34.6 Å². The number of ketones is 2. The number of aliphatic carboxylic acids is 2. The van der Waals surface area contributed by atoms with Crippen molar-refractivity contribution >= 4 is 29.4 Å². The van der Waals surface area contributed by atoms with Gasteiger partial charge in [-0.15, -0.1) is 0 Å². The van der Waals surface area contributed by atoms with Gasteiger partial charge in [0.1, 0.15) is 12.6 Å². The number of amides is 1. The molecule has 1 atom stereocenters. The number of rotatable bonds is 19. The molecule has 0 aliphatic heterocycles. The predicted molar refractivity (Wildman–Crippen MR) is 142 cm³/mol. The van der Waals surface area contributed by atoms with Crippen LogP contribution in [0.15, 0.2) is 0 Å². The van der Waals surface area contributed by atoms with Crippen LogP contribution in [-0.4, -0.2) is 84.2 Å². The lowest BCUT2D eigenvalue weighted by Gasteiger charge is -2.32. The smallest absolute Gasteiger partial charge is 0.326 e. The third-order valence-electron chi connectivity index (χ3n) is 6.29. The molecule has 0 unspecified atom stereocenters. The Balaban J connectivity index is 4.60. The Bertz CT molecular complexity index is 842. The monoisotopic (exact) mass is 544 g/mol. The lowest BCUT2D eigenvalue weighted by atomic mass is 9.74. The van der Waals surface area contributed by atoms with E-state index in [2.05, 4.69) is 10.6 Å². The number of nitrogens with one attached hydrogen (secondary N) is 2. The van der Waals surface area contributed by atoms with Crippen LogP contribution in [0.25, 0.3) is 0 Å². The van der Waals surface area contributed by atoms with E-state index in [1.165, 1.54) is 13.8 Å². The van der Waals surface area contributed by atoms with Gasteiger partial charge in [-0.3, -0.25) is 19.2 Å². The molecular formula is C27H48N2O9. The molecular weight excluding hydrogens is 496 g/mol. The van der Waals surface area contributed by atoms with Crippen LogP contribution in [0.5, 0.6) is 0 Å². The molecule has 0 aromatic rings. The van der Waals surface area contributed by atoms with Crippen molar-refractivity contribution in [2.45, 2.75) is 93.2 Å². The average molecular weight is 545 g/mol. The highest BCUT2D eigenvalue weighted by Crippen LogP contribution is 2.34. The third kappa shape index (κ3) is 12.9. The minimum atomic E-state index is -1.29. The van der Waals surface area contributed by atoms with Crippen molar-refractivity contribution in [3.63, 3.8) is 0 Å². The van der Waals surface area contributed by atoms with Gasteiger partial charge in [-0.2, -0.15) is 0 Å². The molecule has 4 N–H and O–H groups in total. The molecule has 0 spiro atoms. The summed E-state index contributed by atoms with van der Waals surface area (Å²) < 4.78 is 10.8. The SMILES string of the molecule is CC(C)(C)C(=O)COCCOCCNC(C)(C)C(=O)CC[C@H](NC(=O)C(C)(C)CC(C)(C)C(=O)O)C(=O)O. The second kappa shape index (κ2) is 14.7.